The lowest BCUT2D eigenvalue weighted by molar-refractivity contribution is 0.101. The Morgan fingerprint density at radius 1 is 1.26 bits per heavy atom. The number of likely N-dealkylation sites (N-methyl/N-ethyl adjacent to an activating group) is 1. The Kier molecular flexibility index (Phi) is 3.58. The van der Waals surface area contributed by atoms with E-state index < -0.39 is 0 Å². The van der Waals surface area contributed by atoms with Crippen molar-refractivity contribution >= 4 is 16.3 Å². The van der Waals surface area contributed by atoms with Gasteiger partial charge in [-0.1, -0.05) is 0 Å². The van der Waals surface area contributed by atoms with E-state index in [9.17, 15) is 0 Å². The zero-order valence-electron chi connectivity index (χ0n) is 11.8. The normalized spacial score (nSPS) is 18.5. The van der Waals surface area contributed by atoms with Gasteiger partial charge in [-0.15, -0.1) is 11.3 Å². The molecule has 1 N–H and O–H groups in total. The molecule has 19 heavy (non-hydrogen) atoms. The summed E-state index contributed by atoms with van der Waals surface area (Å²) in [6.07, 6.45) is 2.18. The number of hydrogen-bond donors (Lipinski definition) is 1. The van der Waals surface area contributed by atoms with Crippen molar-refractivity contribution in [3.05, 3.63) is 22.5 Å². The van der Waals surface area contributed by atoms with E-state index in [1.165, 1.54) is 10.6 Å². The van der Waals surface area contributed by atoms with Gasteiger partial charge < -0.3 is 4.90 Å². The summed E-state index contributed by atoms with van der Waals surface area (Å²) in [5.41, 5.74) is 5.95. The molecule has 1 fully saturated rings. The first-order valence-corrected chi connectivity index (χ1v) is 7.56. The summed E-state index contributed by atoms with van der Waals surface area (Å²) in [6.45, 7) is 9.51. The maximum atomic E-state index is 4.62. The first-order chi connectivity index (χ1) is 9.13. The molecular formula is C13H21N5S. The van der Waals surface area contributed by atoms with Crippen LogP contribution in [0.2, 0.25) is 0 Å². The maximum absolute atomic E-state index is 4.62. The van der Waals surface area contributed by atoms with Crippen LogP contribution < -0.4 is 5.43 Å². The molecule has 1 saturated heterocycles. The first kappa shape index (κ1) is 13.1. The van der Waals surface area contributed by atoms with Crippen molar-refractivity contribution in [2.45, 2.75) is 20.4 Å². The van der Waals surface area contributed by atoms with Gasteiger partial charge in [-0.2, -0.15) is 0 Å². The molecule has 6 heteroatoms. The summed E-state index contributed by atoms with van der Waals surface area (Å²) in [5, 5.41) is 2.32. The van der Waals surface area contributed by atoms with E-state index in [-0.39, 0.29) is 0 Å². The first-order valence-electron chi connectivity index (χ1n) is 6.74. The van der Waals surface area contributed by atoms with E-state index in [0.29, 0.717) is 0 Å². The van der Waals surface area contributed by atoms with Gasteiger partial charge in [0, 0.05) is 37.3 Å². The number of aryl methyl sites for hydroxylation is 2. The average molecular weight is 279 g/mol. The minimum atomic E-state index is 0.854. The number of piperazine rings is 1. The summed E-state index contributed by atoms with van der Waals surface area (Å²) in [7, 11) is 2.18. The quantitative estimate of drug-likeness (QED) is 0.918. The highest BCUT2D eigenvalue weighted by atomic mass is 32.1. The van der Waals surface area contributed by atoms with Crippen molar-refractivity contribution in [1.82, 2.24) is 24.7 Å². The van der Waals surface area contributed by atoms with Crippen LogP contribution in [-0.4, -0.2) is 52.5 Å². The van der Waals surface area contributed by atoms with Gasteiger partial charge in [0.25, 0.3) is 0 Å². The van der Waals surface area contributed by atoms with Crippen LogP contribution in [0.5, 0.6) is 0 Å². The third-order valence-corrected chi connectivity index (χ3v) is 4.61. The van der Waals surface area contributed by atoms with Crippen LogP contribution in [0.4, 0.5) is 0 Å². The van der Waals surface area contributed by atoms with Gasteiger partial charge in [0.2, 0.25) is 0 Å². The van der Waals surface area contributed by atoms with E-state index in [2.05, 4.69) is 51.8 Å². The number of fused-ring (bicyclic) bond motifs is 1. The van der Waals surface area contributed by atoms with Crippen LogP contribution in [-0.2, 0) is 6.54 Å². The molecule has 5 nitrogen and oxygen atoms in total. The lowest BCUT2D eigenvalue weighted by Crippen LogP contribution is -2.50. The molecule has 1 aliphatic rings. The highest BCUT2D eigenvalue weighted by molar-refractivity contribution is 7.17. The molecule has 0 aromatic carbocycles. The lowest BCUT2D eigenvalue weighted by atomic mass is 10.3. The topological polar surface area (TPSA) is 35.8 Å². The molecule has 2 aromatic heterocycles. The van der Waals surface area contributed by atoms with Crippen LogP contribution in [0.25, 0.3) is 4.96 Å². The lowest BCUT2D eigenvalue weighted by Gasteiger charge is -2.32. The Morgan fingerprint density at radius 3 is 2.74 bits per heavy atom. The summed E-state index contributed by atoms with van der Waals surface area (Å²) in [5.74, 6) is 0. The van der Waals surface area contributed by atoms with Crippen molar-refractivity contribution in [2.75, 3.05) is 33.2 Å². The molecule has 0 radical (unpaired) electrons. The molecule has 1 aliphatic heterocycles. The number of thiazole rings is 1. The number of hydrazine groups is 1. The number of nitrogens with zero attached hydrogens (tertiary/aromatic N) is 4. The Hall–Kier alpha value is -0.950. The molecule has 3 heterocycles. The van der Waals surface area contributed by atoms with Gasteiger partial charge in [0.15, 0.2) is 4.96 Å². The smallest absolute Gasteiger partial charge is 0.194 e. The predicted octanol–water partition coefficient (Wildman–Crippen LogP) is 1.26. The molecule has 3 rings (SSSR count). The molecule has 0 saturated carbocycles. The van der Waals surface area contributed by atoms with Gasteiger partial charge >= 0.3 is 0 Å². The van der Waals surface area contributed by atoms with Crippen LogP contribution >= 0.6 is 11.3 Å². The van der Waals surface area contributed by atoms with Crippen LogP contribution in [0, 0.1) is 13.8 Å². The number of aromatic nitrogens is 2. The van der Waals surface area contributed by atoms with Gasteiger partial charge in [-0.25, -0.2) is 15.4 Å². The SMILES string of the molecule is Cc1cn2c(CNN3CCN(C)CC3)c(C)nc2s1. The highest BCUT2D eigenvalue weighted by Crippen LogP contribution is 2.20. The minimum Gasteiger partial charge on any atom is -0.304 e. The number of imidazole rings is 1. The summed E-state index contributed by atoms with van der Waals surface area (Å²) < 4.78 is 2.22. The fraction of sp³-hybridized carbons (Fsp3) is 0.615. The number of rotatable bonds is 3. The van der Waals surface area contributed by atoms with Gasteiger partial charge in [-0.3, -0.25) is 4.40 Å². The fourth-order valence-corrected chi connectivity index (χ4v) is 3.36. The largest absolute Gasteiger partial charge is 0.304 e. The molecule has 104 valence electrons. The third kappa shape index (κ3) is 2.67. The molecule has 0 unspecified atom stereocenters. The second kappa shape index (κ2) is 5.20. The molecule has 0 amide bonds. The highest BCUT2D eigenvalue weighted by Gasteiger charge is 2.15. The summed E-state index contributed by atoms with van der Waals surface area (Å²) >= 11 is 1.75. The molecule has 0 spiro atoms. The second-order valence-electron chi connectivity index (χ2n) is 5.26. The van der Waals surface area contributed by atoms with Gasteiger partial charge in [0.1, 0.15) is 0 Å². The minimum absolute atomic E-state index is 0.854. The van der Waals surface area contributed by atoms with E-state index in [4.69, 9.17) is 0 Å². The van der Waals surface area contributed by atoms with Gasteiger partial charge in [0.05, 0.1) is 17.9 Å². The Balaban J connectivity index is 1.69. The Morgan fingerprint density at radius 2 is 2.00 bits per heavy atom. The van der Waals surface area contributed by atoms with Crippen molar-refractivity contribution in [1.29, 1.82) is 0 Å². The average Bonchev–Trinajstić information content (AvgIpc) is 2.85. The van der Waals surface area contributed by atoms with Gasteiger partial charge in [-0.05, 0) is 20.9 Å². The van der Waals surface area contributed by atoms with E-state index in [1.807, 2.05) is 0 Å². The maximum Gasteiger partial charge on any atom is 0.194 e. The van der Waals surface area contributed by atoms with Crippen LogP contribution in [0.1, 0.15) is 16.3 Å². The zero-order valence-corrected chi connectivity index (χ0v) is 12.6. The molecule has 0 atom stereocenters. The van der Waals surface area contributed by atoms with E-state index in [0.717, 1.165) is 43.4 Å². The molecular weight excluding hydrogens is 258 g/mol. The van der Waals surface area contributed by atoms with Crippen molar-refractivity contribution in [3.8, 4) is 0 Å². The van der Waals surface area contributed by atoms with E-state index in [1.54, 1.807) is 11.3 Å². The molecule has 0 aliphatic carbocycles. The number of nitrogens with one attached hydrogen (secondary N) is 1. The standard InChI is InChI=1S/C13H21N5S/c1-10-9-18-12(11(2)15-13(18)19-10)8-14-17-6-4-16(3)5-7-17/h9,14H,4-8H2,1-3H3. The second-order valence-corrected chi connectivity index (χ2v) is 6.48. The van der Waals surface area contributed by atoms with E-state index >= 15 is 0 Å². The molecule has 0 bridgehead atoms. The monoisotopic (exact) mass is 279 g/mol. The third-order valence-electron chi connectivity index (χ3n) is 3.71. The van der Waals surface area contributed by atoms with Crippen molar-refractivity contribution in [3.63, 3.8) is 0 Å². The Labute approximate surface area is 117 Å². The summed E-state index contributed by atoms with van der Waals surface area (Å²) in [6, 6.07) is 0. The molecule has 2 aromatic rings. The summed E-state index contributed by atoms with van der Waals surface area (Å²) in [4.78, 5) is 9.40. The van der Waals surface area contributed by atoms with Crippen LogP contribution in [0.3, 0.4) is 0 Å². The van der Waals surface area contributed by atoms with Crippen LogP contribution in [0.15, 0.2) is 6.20 Å². The van der Waals surface area contributed by atoms with Crippen molar-refractivity contribution in [2.24, 2.45) is 0 Å². The number of hydrogen-bond acceptors (Lipinski definition) is 5. The van der Waals surface area contributed by atoms with Crippen molar-refractivity contribution < 1.29 is 0 Å². The fourth-order valence-electron chi connectivity index (χ4n) is 2.47. The predicted molar refractivity (Wildman–Crippen MR) is 78.5 cm³/mol. The zero-order chi connectivity index (χ0) is 13.4. The Bertz CT molecular complexity index is 565.